The molecular formula is C14H16N2S2. The Bertz CT molecular complexity index is 473. The molecule has 0 saturated carbocycles. The Morgan fingerprint density at radius 3 is 2.56 bits per heavy atom. The van der Waals surface area contributed by atoms with Gasteiger partial charge in [0.25, 0.3) is 0 Å². The van der Waals surface area contributed by atoms with Crippen molar-refractivity contribution in [3.05, 3.63) is 35.8 Å². The van der Waals surface area contributed by atoms with Gasteiger partial charge in [-0.05, 0) is 48.6 Å². The van der Waals surface area contributed by atoms with Crippen molar-refractivity contribution in [3.8, 4) is 10.6 Å². The van der Waals surface area contributed by atoms with Gasteiger partial charge in [0.15, 0.2) is 0 Å². The third kappa shape index (κ3) is 2.87. The molecule has 18 heavy (non-hydrogen) atoms. The van der Waals surface area contributed by atoms with E-state index < -0.39 is 0 Å². The Labute approximate surface area is 116 Å². The molecule has 0 spiro atoms. The first-order valence-corrected chi connectivity index (χ1v) is 8.29. The fourth-order valence-electron chi connectivity index (χ4n) is 2.15. The molecule has 0 aliphatic carbocycles. The summed E-state index contributed by atoms with van der Waals surface area (Å²) in [4.78, 5) is 4.33. The van der Waals surface area contributed by atoms with Gasteiger partial charge in [0.1, 0.15) is 5.01 Å². The summed E-state index contributed by atoms with van der Waals surface area (Å²) in [6, 6.07) is 9.28. The molecule has 1 aliphatic rings. The minimum Gasteiger partial charge on any atom is -0.382 e. The zero-order valence-electron chi connectivity index (χ0n) is 10.1. The van der Waals surface area contributed by atoms with Crippen LogP contribution >= 0.6 is 23.1 Å². The standard InChI is InChI=1S/C14H16N2S2/c1-3-12(16-13-5-8-17-9-6-13)4-2-11(1)14-15-7-10-18-14/h1-4,7,10,13,16H,5-6,8-9H2. The largest absolute Gasteiger partial charge is 0.382 e. The number of nitrogens with one attached hydrogen (secondary N) is 1. The highest BCUT2D eigenvalue weighted by Crippen LogP contribution is 2.25. The van der Waals surface area contributed by atoms with Crippen molar-refractivity contribution in [1.29, 1.82) is 0 Å². The van der Waals surface area contributed by atoms with Crippen molar-refractivity contribution in [2.24, 2.45) is 0 Å². The van der Waals surface area contributed by atoms with E-state index in [4.69, 9.17) is 0 Å². The van der Waals surface area contributed by atoms with Crippen LogP contribution < -0.4 is 5.32 Å². The molecule has 1 aromatic heterocycles. The van der Waals surface area contributed by atoms with Gasteiger partial charge < -0.3 is 5.32 Å². The van der Waals surface area contributed by atoms with Gasteiger partial charge in [0, 0.05) is 28.9 Å². The molecule has 3 rings (SSSR count). The lowest BCUT2D eigenvalue weighted by atomic mass is 10.1. The number of anilines is 1. The topological polar surface area (TPSA) is 24.9 Å². The Hall–Kier alpha value is -1.00. The van der Waals surface area contributed by atoms with E-state index in [0.29, 0.717) is 6.04 Å². The number of thiazole rings is 1. The molecule has 0 atom stereocenters. The monoisotopic (exact) mass is 276 g/mol. The first-order valence-electron chi connectivity index (χ1n) is 6.26. The van der Waals surface area contributed by atoms with E-state index >= 15 is 0 Å². The molecule has 0 unspecified atom stereocenters. The second-order valence-corrected chi connectivity index (χ2v) is 6.56. The van der Waals surface area contributed by atoms with Crippen molar-refractivity contribution in [1.82, 2.24) is 4.98 Å². The lowest BCUT2D eigenvalue weighted by molar-refractivity contribution is 0.667. The highest BCUT2D eigenvalue weighted by molar-refractivity contribution is 7.99. The summed E-state index contributed by atoms with van der Waals surface area (Å²) in [5.74, 6) is 2.57. The normalized spacial score (nSPS) is 16.7. The van der Waals surface area contributed by atoms with E-state index in [1.165, 1.54) is 35.6 Å². The molecule has 1 N–H and O–H groups in total. The first kappa shape index (κ1) is 12.1. The summed E-state index contributed by atoms with van der Waals surface area (Å²) in [5.41, 5.74) is 2.43. The summed E-state index contributed by atoms with van der Waals surface area (Å²) in [5, 5.41) is 6.73. The van der Waals surface area contributed by atoms with Crippen LogP contribution in [0.2, 0.25) is 0 Å². The average molecular weight is 276 g/mol. The number of benzene rings is 1. The maximum Gasteiger partial charge on any atom is 0.123 e. The van der Waals surface area contributed by atoms with Crippen molar-refractivity contribution in [3.63, 3.8) is 0 Å². The van der Waals surface area contributed by atoms with Gasteiger partial charge in [-0.3, -0.25) is 0 Å². The van der Waals surface area contributed by atoms with Crippen molar-refractivity contribution in [2.75, 3.05) is 16.8 Å². The summed E-state index contributed by atoms with van der Waals surface area (Å²) >= 11 is 3.75. The maximum absolute atomic E-state index is 4.33. The van der Waals surface area contributed by atoms with E-state index in [9.17, 15) is 0 Å². The molecule has 1 aliphatic heterocycles. The molecule has 1 saturated heterocycles. The molecule has 2 heterocycles. The Kier molecular flexibility index (Phi) is 3.86. The SMILES string of the molecule is c1csc(-c2ccc(NC3CCSCC3)cc2)n1. The molecule has 2 nitrogen and oxygen atoms in total. The lowest BCUT2D eigenvalue weighted by Gasteiger charge is -2.23. The fourth-order valence-corrected chi connectivity index (χ4v) is 3.90. The first-order chi connectivity index (χ1) is 8.92. The van der Waals surface area contributed by atoms with Crippen molar-refractivity contribution < 1.29 is 0 Å². The summed E-state index contributed by atoms with van der Waals surface area (Å²) in [6.45, 7) is 0. The van der Waals surface area contributed by atoms with Gasteiger partial charge in [0.2, 0.25) is 0 Å². The van der Waals surface area contributed by atoms with Gasteiger partial charge in [0.05, 0.1) is 0 Å². The fraction of sp³-hybridized carbons (Fsp3) is 0.357. The van der Waals surface area contributed by atoms with Crippen LogP contribution in [-0.2, 0) is 0 Å². The molecule has 4 heteroatoms. The van der Waals surface area contributed by atoms with Gasteiger partial charge in [-0.1, -0.05) is 0 Å². The highest BCUT2D eigenvalue weighted by atomic mass is 32.2. The molecule has 0 bridgehead atoms. The predicted molar refractivity (Wildman–Crippen MR) is 81.5 cm³/mol. The summed E-state index contributed by atoms with van der Waals surface area (Å²) in [7, 11) is 0. The Morgan fingerprint density at radius 1 is 1.11 bits per heavy atom. The van der Waals surface area contributed by atoms with Crippen LogP contribution in [0.5, 0.6) is 0 Å². The van der Waals surface area contributed by atoms with E-state index in [1.807, 2.05) is 11.6 Å². The maximum atomic E-state index is 4.33. The molecule has 1 aromatic carbocycles. The second kappa shape index (κ2) is 5.76. The van der Waals surface area contributed by atoms with Crippen LogP contribution in [-0.4, -0.2) is 22.5 Å². The molecule has 0 radical (unpaired) electrons. The number of aromatic nitrogens is 1. The zero-order valence-corrected chi connectivity index (χ0v) is 11.8. The number of hydrogen-bond donors (Lipinski definition) is 1. The van der Waals surface area contributed by atoms with E-state index in [-0.39, 0.29) is 0 Å². The van der Waals surface area contributed by atoms with Crippen molar-refractivity contribution >= 4 is 28.8 Å². The lowest BCUT2D eigenvalue weighted by Crippen LogP contribution is -2.24. The quantitative estimate of drug-likeness (QED) is 0.913. The Morgan fingerprint density at radius 2 is 1.89 bits per heavy atom. The van der Waals surface area contributed by atoms with E-state index in [1.54, 1.807) is 11.3 Å². The van der Waals surface area contributed by atoms with Gasteiger partial charge in [-0.2, -0.15) is 11.8 Å². The minimum absolute atomic E-state index is 0.650. The smallest absolute Gasteiger partial charge is 0.123 e. The number of rotatable bonds is 3. The van der Waals surface area contributed by atoms with Crippen LogP contribution in [0.1, 0.15) is 12.8 Å². The van der Waals surface area contributed by atoms with Crippen LogP contribution in [0.4, 0.5) is 5.69 Å². The molecule has 0 amide bonds. The molecular weight excluding hydrogens is 260 g/mol. The van der Waals surface area contributed by atoms with Gasteiger partial charge >= 0.3 is 0 Å². The summed E-state index contributed by atoms with van der Waals surface area (Å²) < 4.78 is 0. The number of thioether (sulfide) groups is 1. The molecule has 1 fully saturated rings. The highest BCUT2D eigenvalue weighted by Gasteiger charge is 2.13. The zero-order chi connectivity index (χ0) is 12.2. The van der Waals surface area contributed by atoms with Gasteiger partial charge in [-0.25, -0.2) is 4.98 Å². The van der Waals surface area contributed by atoms with E-state index in [2.05, 4.69) is 46.3 Å². The third-order valence-corrected chi connectivity index (χ3v) is 5.03. The average Bonchev–Trinajstić information content (AvgIpc) is 2.95. The van der Waals surface area contributed by atoms with Crippen molar-refractivity contribution in [2.45, 2.75) is 18.9 Å². The summed E-state index contributed by atoms with van der Waals surface area (Å²) in [6.07, 6.45) is 4.41. The third-order valence-electron chi connectivity index (χ3n) is 3.16. The van der Waals surface area contributed by atoms with Crippen LogP contribution in [0.15, 0.2) is 35.8 Å². The predicted octanol–water partition coefficient (Wildman–Crippen LogP) is 4.12. The minimum atomic E-state index is 0.650. The van der Waals surface area contributed by atoms with Crippen LogP contribution in [0.25, 0.3) is 10.6 Å². The van der Waals surface area contributed by atoms with Gasteiger partial charge in [-0.15, -0.1) is 11.3 Å². The number of nitrogens with zero attached hydrogens (tertiary/aromatic N) is 1. The molecule has 94 valence electrons. The Balaban J connectivity index is 1.67. The number of hydrogen-bond acceptors (Lipinski definition) is 4. The van der Waals surface area contributed by atoms with E-state index in [0.717, 1.165) is 5.01 Å². The van der Waals surface area contributed by atoms with Crippen LogP contribution in [0, 0.1) is 0 Å². The molecule has 2 aromatic rings. The second-order valence-electron chi connectivity index (χ2n) is 4.45. The van der Waals surface area contributed by atoms with Crippen LogP contribution in [0.3, 0.4) is 0 Å².